The van der Waals surface area contributed by atoms with E-state index in [1.165, 1.54) is 10.6 Å². The Morgan fingerprint density at radius 3 is 2.59 bits per heavy atom. The van der Waals surface area contributed by atoms with Crippen LogP contribution in [0.1, 0.15) is 45.4 Å². The zero-order chi connectivity index (χ0) is 19.6. The van der Waals surface area contributed by atoms with Crippen molar-refractivity contribution >= 4 is 21.8 Å². The zero-order valence-corrected chi connectivity index (χ0v) is 18.0. The maximum absolute atomic E-state index is 12.9. The number of pyridine rings is 1. The summed E-state index contributed by atoms with van der Waals surface area (Å²) >= 11 is 3.47. The van der Waals surface area contributed by atoms with Gasteiger partial charge in [-0.15, -0.1) is 0 Å². The van der Waals surface area contributed by atoms with E-state index in [9.17, 15) is 9.59 Å². The van der Waals surface area contributed by atoms with E-state index in [4.69, 9.17) is 9.47 Å². The molecule has 0 unspecified atom stereocenters. The number of nitrogens with zero attached hydrogens (tertiary/aromatic N) is 2. The highest BCUT2D eigenvalue weighted by molar-refractivity contribution is 9.10. The van der Waals surface area contributed by atoms with E-state index in [1.807, 2.05) is 4.90 Å². The number of rotatable bonds is 7. The van der Waals surface area contributed by atoms with E-state index >= 15 is 0 Å². The monoisotopic (exact) mass is 440 g/mol. The molecule has 3 rings (SSSR count). The summed E-state index contributed by atoms with van der Waals surface area (Å²) in [5.74, 6) is 0.873. The molecular weight excluding hydrogens is 412 g/mol. The Morgan fingerprint density at radius 1 is 1.33 bits per heavy atom. The summed E-state index contributed by atoms with van der Waals surface area (Å²) in [6.45, 7) is 3.29. The van der Waals surface area contributed by atoms with Crippen LogP contribution in [0.5, 0.6) is 5.75 Å². The second-order valence-electron chi connectivity index (χ2n) is 8.04. The third-order valence-corrected chi connectivity index (χ3v) is 6.43. The summed E-state index contributed by atoms with van der Waals surface area (Å²) < 4.78 is 13.6. The molecule has 2 saturated carbocycles. The Morgan fingerprint density at radius 2 is 2.00 bits per heavy atom. The predicted octanol–water partition coefficient (Wildman–Crippen LogP) is 3.11. The summed E-state index contributed by atoms with van der Waals surface area (Å²) in [5.41, 5.74) is -0.244. The van der Waals surface area contributed by atoms with Gasteiger partial charge in [-0.25, -0.2) is 0 Å². The van der Waals surface area contributed by atoms with Crippen LogP contribution < -0.4 is 10.3 Å². The molecule has 0 bridgehead atoms. The van der Waals surface area contributed by atoms with E-state index in [0.29, 0.717) is 18.9 Å². The van der Waals surface area contributed by atoms with E-state index in [2.05, 4.69) is 22.9 Å². The van der Waals surface area contributed by atoms with Gasteiger partial charge in [0.15, 0.2) is 0 Å². The van der Waals surface area contributed by atoms with Gasteiger partial charge in [0.25, 0.3) is 5.56 Å². The van der Waals surface area contributed by atoms with Gasteiger partial charge in [0.1, 0.15) is 5.75 Å². The van der Waals surface area contributed by atoms with Gasteiger partial charge in [-0.05, 0) is 54.5 Å². The number of hydrogen-bond acceptors (Lipinski definition) is 4. The molecule has 1 aromatic rings. The minimum atomic E-state index is -0.157. The fourth-order valence-corrected chi connectivity index (χ4v) is 4.23. The lowest BCUT2D eigenvalue weighted by Crippen LogP contribution is -2.47. The highest BCUT2D eigenvalue weighted by atomic mass is 79.9. The largest absolute Gasteiger partial charge is 0.489 e. The van der Waals surface area contributed by atoms with Crippen LogP contribution >= 0.6 is 15.9 Å². The molecule has 1 amide bonds. The van der Waals surface area contributed by atoms with Crippen molar-refractivity contribution in [3.05, 3.63) is 27.1 Å². The Bertz CT molecular complexity index is 736. The summed E-state index contributed by atoms with van der Waals surface area (Å²) in [7, 11) is 3.39. The Kier molecular flexibility index (Phi) is 6.31. The zero-order valence-electron chi connectivity index (χ0n) is 16.4. The molecule has 0 aromatic carbocycles. The quantitative estimate of drug-likeness (QED) is 0.653. The summed E-state index contributed by atoms with van der Waals surface area (Å²) in [6, 6.07) is 1.77. The van der Waals surface area contributed by atoms with Crippen molar-refractivity contribution in [2.24, 2.45) is 12.5 Å². The van der Waals surface area contributed by atoms with E-state index in [-0.39, 0.29) is 29.0 Å². The van der Waals surface area contributed by atoms with E-state index < -0.39 is 0 Å². The molecule has 2 fully saturated rings. The number of methoxy groups -OCH3 is 1. The third-order valence-electron chi connectivity index (χ3n) is 5.84. The van der Waals surface area contributed by atoms with Gasteiger partial charge in [0.05, 0.1) is 17.2 Å². The lowest BCUT2D eigenvalue weighted by atomic mass is 9.90. The molecule has 150 valence electrons. The molecule has 0 aliphatic heterocycles. The Labute approximate surface area is 169 Å². The summed E-state index contributed by atoms with van der Waals surface area (Å²) in [6.07, 6.45) is 7.36. The maximum atomic E-state index is 12.9. The molecule has 0 spiro atoms. The number of ether oxygens (including phenoxy) is 2. The first-order valence-electron chi connectivity index (χ1n) is 9.67. The highest BCUT2D eigenvalue weighted by Crippen LogP contribution is 2.47. The normalized spacial score (nSPS) is 23.7. The maximum Gasteiger partial charge on any atom is 0.254 e. The second kappa shape index (κ2) is 8.35. The molecule has 6 nitrogen and oxygen atoms in total. The van der Waals surface area contributed by atoms with Crippen molar-refractivity contribution in [3.63, 3.8) is 0 Å². The van der Waals surface area contributed by atoms with Crippen LogP contribution in [-0.2, 0) is 16.6 Å². The summed E-state index contributed by atoms with van der Waals surface area (Å²) in [4.78, 5) is 26.8. The van der Waals surface area contributed by atoms with Crippen molar-refractivity contribution in [1.29, 1.82) is 0 Å². The van der Waals surface area contributed by atoms with Gasteiger partial charge in [0, 0.05) is 44.4 Å². The third kappa shape index (κ3) is 4.74. The van der Waals surface area contributed by atoms with Gasteiger partial charge in [-0.2, -0.15) is 0 Å². The minimum Gasteiger partial charge on any atom is -0.489 e. The first-order valence-corrected chi connectivity index (χ1v) is 10.5. The SMILES string of the molecule is COCCN(C(=O)C1(C)CC1)[C@H]1CC[C@H](Oc2cc(=O)n(C)cc2Br)CC1. The number of hydrogen-bond donors (Lipinski definition) is 0. The van der Waals surface area contributed by atoms with Gasteiger partial charge >= 0.3 is 0 Å². The number of halogens is 1. The Balaban J connectivity index is 1.60. The van der Waals surface area contributed by atoms with Gasteiger partial charge in [-0.1, -0.05) is 6.92 Å². The van der Waals surface area contributed by atoms with Crippen LogP contribution in [0, 0.1) is 5.41 Å². The molecule has 0 saturated heterocycles. The molecule has 1 aromatic heterocycles. The van der Waals surface area contributed by atoms with Crippen molar-refractivity contribution < 1.29 is 14.3 Å². The molecule has 27 heavy (non-hydrogen) atoms. The first kappa shape index (κ1) is 20.4. The number of carbonyl (C=O) groups is 1. The molecule has 0 N–H and O–H groups in total. The van der Waals surface area contributed by atoms with Crippen LogP contribution in [0.3, 0.4) is 0 Å². The molecular formula is C20H29BrN2O4. The second-order valence-corrected chi connectivity index (χ2v) is 8.89. The van der Waals surface area contributed by atoms with Gasteiger partial charge in [0.2, 0.25) is 5.91 Å². The molecule has 7 heteroatoms. The fraction of sp³-hybridized carbons (Fsp3) is 0.700. The average molecular weight is 441 g/mol. The van der Waals surface area contributed by atoms with Crippen molar-refractivity contribution in [2.45, 2.75) is 57.6 Å². The van der Waals surface area contributed by atoms with Crippen molar-refractivity contribution in [1.82, 2.24) is 9.47 Å². The van der Waals surface area contributed by atoms with E-state index in [1.54, 1.807) is 20.4 Å². The standard InChI is InChI=1S/C20H29BrN2O4/c1-20(8-9-20)19(25)23(10-11-26-3)14-4-6-15(7-5-14)27-17-12-18(24)22(2)13-16(17)21/h12-15H,4-11H2,1-3H3/t14-,15-. The fourth-order valence-electron chi connectivity index (χ4n) is 3.71. The van der Waals surface area contributed by atoms with Crippen LogP contribution in [0.15, 0.2) is 21.5 Å². The van der Waals surface area contributed by atoms with Gasteiger partial charge in [-0.3, -0.25) is 9.59 Å². The summed E-state index contributed by atoms with van der Waals surface area (Å²) in [5, 5.41) is 0. The Hall–Kier alpha value is -1.34. The molecule has 2 aliphatic rings. The van der Waals surface area contributed by atoms with Crippen molar-refractivity contribution in [3.8, 4) is 5.75 Å². The lowest BCUT2D eigenvalue weighted by Gasteiger charge is -2.38. The first-order chi connectivity index (χ1) is 12.8. The van der Waals surface area contributed by atoms with Crippen LogP contribution in [0.2, 0.25) is 0 Å². The van der Waals surface area contributed by atoms with E-state index in [0.717, 1.165) is 43.0 Å². The minimum absolute atomic E-state index is 0.0699. The molecule has 0 radical (unpaired) electrons. The van der Waals surface area contributed by atoms with Crippen LogP contribution in [0.25, 0.3) is 0 Å². The topological polar surface area (TPSA) is 60.8 Å². The average Bonchev–Trinajstić information content (AvgIpc) is 3.40. The predicted molar refractivity (Wildman–Crippen MR) is 107 cm³/mol. The number of aryl methyl sites for hydroxylation is 1. The lowest BCUT2D eigenvalue weighted by molar-refractivity contribution is -0.140. The van der Waals surface area contributed by atoms with Crippen molar-refractivity contribution in [2.75, 3.05) is 20.3 Å². The molecule has 2 aliphatic carbocycles. The number of aromatic nitrogens is 1. The number of carbonyl (C=O) groups excluding carboxylic acids is 1. The number of amides is 1. The molecule has 1 heterocycles. The van der Waals surface area contributed by atoms with Crippen LogP contribution in [0.4, 0.5) is 0 Å². The smallest absolute Gasteiger partial charge is 0.254 e. The molecule has 0 atom stereocenters. The highest BCUT2D eigenvalue weighted by Gasteiger charge is 2.48. The van der Waals surface area contributed by atoms with Crippen LogP contribution in [-0.4, -0.2) is 47.8 Å². The van der Waals surface area contributed by atoms with Gasteiger partial charge < -0.3 is 18.9 Å².